The number of aromatic nitrogens is 1. The molecule has 0 spiro atoms. The lowest BCUT2D eigenvalue weighted by molar-refractivity contribution is -0.384. The van der Waals surface area contributed by atoms with Crippen molar-refractivity contribution in [1.82, 2.24) is 4.98 Å². The van der Waals surface area contributed by atoms with Crippen LogP contribution in [0.1, 0.15) is 0 Å². The first kappa shape index (κ1) is 10.2. The highest BCUT2D eigenvalue weighted by Crippen LogP contribution is 2.22. The molecule has 80 valence electrons. The van der Waals surface area contributed by atoms with E-state index in [9.17, 15) is 14.5 Å². The van der Waals surface area contributed by atoms with E-state index in [0.29, 0.717) is 11.1 Å². The molecule has 0 radical (unpaired) electrons. The van der Waals surface area contributed by atoms with Gasteiger partial charge in [-0.1, -0.05) is 12.1 Å². The molecule has 0 fully saturated rings. The largest absolute Gasteiger partial charge is 0.270 e. The summed E-state index contributed by atoms with van der Waals surface area (Å²) in [6, 6.07) is 8.86. The Morgan fingerprint density at radius 1 is 1.19 bits per heavy atom. The minimum absolute atomic E-state index is 0.00169. The van der Waals surface area contributed by atoms with E-state index in [4.69, 9.17) is 0 Å². The summed E-state index contributed by atoms with van der Waals surface area (Å²) in [4.78, 5) is 13.6. The van der Waals surface area contributed by atoms with Crippen LogP contribution in [0.15, 0.2) is 42.6 Å². The second-order valence-electron chi connectivity index (χ2n) is 3.18. The normalized spacial score (nSPS) is 10.1. The third kappa shape index (κ3) is 2.03. The fraction of sp³-hybridized carbons (Fsp3) is 0. The predicted octanol–water partition coefficient (Wildman–Crippen LogP) is 2.80. The van der Waals surface area contributed by atoms with Gasteiger partial charge in [0.15, 0.2) is 0 Å². The third-order valence-corrected chi connectivity index (χ3v) is 2.12. The molecule has 16 heavy (non-hydrogen) atoms. The Balaban J connectivity index is 2.44. The summed E-state index contributed by atoms with van der Waals surface area (Å²) in [5.41, 5.74) is 1.29. The Bertz CT molecular complexity index is 526. The Labute approximate surface area is 90.5 Å². The quantitative estimate of drug-likeness (QED) is 0.442. The maximum absolute atomic E-state index is 12.6. The van der Waals surface area contributed by atoms with E-state index in [1.54, 1.807) is 12.1 Å². The number of rotatable bonds is 2. The van der Waals surface area contributed by atoms with Crippen molar-refractivity contribution in [2.24, 2.45) is 0 Å². The molecule has 0 aliphatic heterocycles. The summed E-state index contributed by atoms with van der Waals surface area (Å²) in [5, 5.41) is 10.6. The fourth-order valence-electron chi connectivity index (χ4n) is 1.35. The van der Waals surface area contributed by atoms with Crippen molar-refractivity contribution < 1.29 is 9.31 Å². The highest BCUT2D eigenvalue weighted by atomic mass is 19.1. The molecule has 0 saturated heterocycles. The lowest BCUT2D eigenvalue weighted by atomic mass is 10.1. The first-order chi connectivity index (χ1) is 7.66. The van der Waals surface area contributed by atoms with Crippen LogP contribution < -0.4 is 0 Å². The van der Waals surface area contributed by atoms with Crippen LogP contribution in [0, 0.1) is 16.1 Å². The maximum Gasteiger partial charge on any atom is 0.270 e. The zero-order valence-corrected chi connectivity index (χ0v) is 8.13. The first-order valence-electron chi connectivity index (χ1n) is 4.53. The second kappa shape index (κ2) is 4.06. The molecule has 1 heterocycles. The SMILES string of the molecule is O=[N+]([O-])c1cccc(-c2ccc(F)nc2)c1. The molecule has 0 aliphatic carbocycles. The van der Waals surface area contributed by atoms with Crippen molar-refractivity contribution in [3.63, 3.8) is 0 Å². The van der Waals surface area contributed by atoms with Crippen molar-refractivity contribution in [3.05, 3.63) is 58.7 Å². The van der Waals surface area contributed by atoms with Gasteiger partial charge in [-0.05, 0) is 17.7 Å². The standard InChI is InChI=1S/C11H7FN2O2/c12-11-5-4-9(7-13-11)8-2-1-3-10(6-8)14(15)16/h1-7H. The molecule has 5 heteroatoms. The molecule has 0 aliphatic rings. The summed E-state index contributed by atoms with van der Waals surface area (Å²) in [6.07, 6.45) is 1.34. The van der Waals surface area contributed by atoms with Crippen LogP contribution in [-0.4, -0.2) is 9.91 Å². The lowest BCUT2D eigenvalue weighted by Gasteiger charge is -2.00. The summed E-state index contributed by atoms with van der Waals surface area (Å²) in [7, 11) is 0. The van der Waals surface area contributed by atoms with Gasteiger partial charge in [0.1, 0.15) is 0 Å². The van der Waals surface area contributed by atoms with Gasteiger partial charge < -0.3 is 0 Å². The Morgan fingerprint density at radius 3 is 2.62 bits per heavy atom. The van der Waals surface area contributed by atoms with Gasteiger partial charge in [0, 0.05) is 23.9 Å². The Morgan fingerprint density at radius 2 is 2.00 bits per heavy atom. The molecule has 1 aromatic heterocycles. The molecule has 0 saturated carbocycles. The first-order valence-corrected chi connectivity index (χ1v) is 4.53. The molecular formula is C11H7FN2O2. The minimum atomic E-state index is -0.575. The topological polar surface area (TPSA) is 56.0 Å². The molecule has 0 atom stereocenters. The van der Waals surface area contributed by atoms with Crippen LogP contribution in [0.3, 0.4) is 0 Å². The summed E-state index contributed by atoms with van der Waals surface area (Å²) < 4.78 is 12.6. The number of halogens is 1. The summed E-state index contributed by atoms with van der Waals surface area (Å²) >= 11 is 0. The highest BCUT2D eigenvalue weighted by molar-refractivity contribution is 5.65. The monoisotopic (exact) mass is 218 g/mol. The molecular weight excluding hydrogens is 211 g/mol. The number of hydrogen-bond donors (Lipinski definition) is 0. The van der Waals surface area contributed by atoms with Gasteiger partial charge in [0.25, 0.3) is 5.69 Å². The zero-order valence-electron chi connectivity index (χ0n) is 8.13. The number of nitrogens with zero attached hydrogens (tertiary/aromatic N) is 2. The smallest absolute Gasteiger partial charge is 0.258 e. The van der Waals surface area contributed by atoms with E-state index in [1.165, 1.54) is 30.5 Å². The molecule has 1 aromatic carbocycles. The van der Waals surface area contributed by atoms with Crippen LogP contribution >= 0.6 is 0 Å². The molecule has 0 N–H and O–H groups in total. The number of nitro groups is 1. The highest BCUT2D eigenvalue weighted by Gasteiger charge is 2.07. The van der Waals surface area contributed by atoms with Crippen LogP contribution in [0.2, 0.25) is 0 Å². The van der Waals surface area contributed by atoms with Gasteiger partial charge in [0.2, 0.25) is 5.95 Å². The van der Waals surface area contributed by atoms with Gasteiger partial charge in [-0.15, -0.1) is 0 Å². The van der Waals surface area contributed by atoms with E-state index in [0.717, 1.165) is 0 Å². The van der Waals surface area contributed by atoms with Crippen molar-refractivity contribution in [3.8, 4) is 11.1 Å². The van der Waals surface area contributed by atoms with Gasteiger partial charge in [0.05, 0.1) is 4.92 Å². The van der Waals surface area contributed by atoms with Crippen LogP contribution in [0.5, 0.6) is 0 Å². The second-order valence-corrected chi connectivity index (χ2v) is 3.18. The average molecular weight is 218 g/mol. The molecule has 0 amide bonds. The van der Waals surface area contributed by atoms with Gasteiger partial charge in [-0.3, -0.25) is 10.1 Å². The number of hydrogen-bond acceptors (Lipinski definition) is 3. The van der Waals surface area contributed by atoms with E-state index in [-0.39, 0.29) is 5.69 Å². The number of nitro benzene ring substituents is 1. The van der Waals surface area contributed by atoms with Crippen molar-refractivity contribution in [2.75, 3.05) is 0 Å². The van der Waals surface area contributed by atoms with Gasteiger partial charge in [-0.25, -0.2) is 4.98 Å². The molecule has 2 rings (SSSR count). The summed E-state index contributed by atoms with van der Waals surface area (Å²) in [6.45, 7) is 0. The van der Waals surface area contributed by atoms with Crippen molar-refractivity contribution in [1.29, 1.82) is 0 Å². The number of pyridine rings is 1. The zero-order chi connectivity index (χ0) is 11.5. The fourth-order valence-corrected chi connectivity index (χ4v) is 1.35. The lowest BCUT2D eigenvalue weighted by Crippen LogP contribution is -1.89. The van der Waals surface area contributed by atoms with E-state index in [1.807, 2.05) is 0 Å². The average Bonchev–Trinajstić information content (AvgIpc) is 2.30. The van der Waals surface area contributed by atoms with Gasteiger partial charge in [-0.2, -0.15) is 4.39 Å². The van der Waals surface area contributed by atoms with E-state index < -0.39 is 10.9 Å². The Kier molecular flexibility index (Phi) is 2.59. The van der Waals surface area contributed by atoms with Crippen LogP contribution in [0.25, 0.3) is 11.1 Å². The molecule has 0 bridgehead atoms. The number of non-ortho nitro benzene ring substituents is 1. The minimum Gasteiger partial charge on any atom is -0.258 e. The predicted molar refractivity (Wildman–Crippen MR) is 56.3 cm³/mol. The maximum atomic E-state index is 12.6. The van der Waals surface area contributed by atoms with E-state index >= 15 is 0 Å². The van der Waals surface area contributed by atoms with Crippen molar-refractivity contribution >= 4 is 5.69 Å². The molecule has 4 nitrogen and oxygen atoms in total. The van der Waals surface area contributed by atoms with Gasteiger partial charge >= 0.3 is 0 Å². The Hall–Kier alpha value is -2.30. The molecule has 0 unspecified atom stereocenters. The van der Waals surface area contributed by atoms with Crippen LogP contribution in [0.4, 0.5) is 10.1 Å². The third-order valence-electron chi connectivity index (χ3n) is 2.12. The van der Waals surface area contributed by atoms with Crippen molar-refractivity contribution in [2.45, 2.75) is 0 Å². The van der Waals surface area contributed by atoms with Crippen LogP contribution in [-0.2, 0) is 0 Å². The molecule has 2 aromatic rings. The summed E-state index contributed by atoms with van der Waals surface area (Å²) in [5.74, 6) is -0.575. The van der Waals surface area contributed by atoms with E-state index in [2.05, 4.69) is 4.98 Å². The number of benzene rings is 1.